The fourth-order valence-corrected chi connectivity index (χ4v) is 7.38. The molecule has 4 nitrogen and oxygen atoms in total. The highest BCUT2D eigenvalue weighted by Gasteiger charge is 2.17. The number of carbonyl (C=O) groups excluding carboxylic acids is 1. The van der Waals surface area contributed by atoms with Crippen LogP contribution < -0.4 is 5.32 Å². The molecule has 67 heavy (non-hydrogen) atoms. The van der Waals surface area contributed by atoms with Crippen molar-refractivity contribution in [1.29, 1.82) is 0 Å². The van der Waals surface area contributed by atoms with Crippen molar-refractivity contribution < 1.29 is 15.0 Å². The number of unbranched alkanes of at least 4 members (excludes halogenated alkanes) is 19. The largest absolute Gasteiger partial charge is 0.394 e. The second-order valence-corrected chi connectivity index (χ2v) is 17.9. The molecule has 0 fully saturated rings. The maximum atomic E-state index is 12.5. The van der Waals surface area contributed by atoms with Crippen LogP contribution in [0.2, 0.25) is 0 Å². The number of aliphatic hydroxyl groups excluding tert-OH is 2. The summed E-state index contributed by atoms with van der Waals surface area (Å²) in [6.45, 7) is 4.17. The van der Waals surface area contributed by atoms with E-state index in [2.05, 4.69) is 153 Å². The zero-order chi connectivity index (χ0) is 48.5. The molecule has 0 aliphatic carbocycles. The van der Waals surface area contributed by atoms with Crippen molar-refractivity contribution >= 4 is 5.91 Å². The van der Waals surface area contributed by atoms with E-state index in [0.717, 1.165) is 116 Å². The van der Waals surface area contributed by atoms with Crippen molar-refractivity contribution in [2.45, 2.75) is 238 Å². The Kier molecular flexibility index (Phi) is 53.4. The van der Waals surface area contributed by atoms with E-state index < -0.39 is 12.1 Å². The molecule has 0 aromatic carbocycles. The Morgan fingerprint density at radius 1 is 0.373 bits per heavy atom. The van der Waals surface area contributed by atoms with Gasteiger partial charge in [-0.1, -0.05) is 250 Å². The number of aliphatic hydroxyl groups is 2. The lowest BCUT2D eigenvalue weighted by Gasteiger charge is -2.19. The summed E-state index contributed by atoms with van der Waals surface area (Å²) < 4.78 is 0. The highest BCUT2D eigenvalue weighted by molar-refractivity contribution is 5.76. The molecule has 0 rings (SSSR count). The number of amides is 1. The predicted molar refractivity (Wildman–Crippen MR) is 298 cm³/mol. The Morgan fingerprint density at radius 3 is 1.04 bits per heavy atom. The highest BCUT2D eigenvalue weighted by atomic mass is 16.3. The van der Waals surface area contributed by atoms with Gasteiger partial charge in [0.05, 0.1) is 18.8 Å². The second-order valence-electron chi connectivity index (χ2n) is 17.9. The van der Waals surface area contributed by atoms with Gasteiger partial charge < -0.3 is 15.5 Å². The minimum atomic E-state index is -0.891. The molecule has 0 bridgehead atoms. The first-order valence-corrected chi connectivity index (χ1v) is 27.5. The van der Waals surface area contributed by atoms with Crippen molar-refractivity contribution in [1.82, 2.24) is 5.32 Å². The van der Waals surface area contributed by atoms with E-state index in [1.807, 2.05) is 6.08 Å². The van der Waals surface area contributed by atoms with Gasteiger partial charge in [0.1, 0.15) is 0 Å². The molecule has 0 aromatic rings. The number of hydrogen-bond acceptors (Lipinski definition) is 3. The van der Waals surface area contributed by atoms with Gasteiger partial charge in [-0.15, -0.1) is 0 Å². The number of nitrogens with one attached hydrogen (secondary N) is 1. The van der Waals surface area contributed by atoms with Crippen LogP contribution in [0.15, 0.2) is 146 Å². The van der Waals surface area contributed by atoms with Crippen molar-refractivity contribution in [2.24, 2.45) is 0 Å². The van der Waals surface area contributed by atoms with Crippen LogP contribution in [0.4, 0.5) is 0 Å². The second kappa shape index (κ2) is 56.6. The third-order valence-electron chi connectivity index (χ3n) is 11.5. The Balaban J connectivity index is 3.73. The molecular formula is C63H103NO3. The van der Waals surface area contributed by atoms with Crippen LogP contribution in [0, 0.1) is 0 Å². The molecule has 0 saturated carbocycles. The molecular weight excluding hydrogens is 819 g/mol. The van der Waals surface area contributed by atoms with Crippen LogP contribution >= 0.6 is 0 Å². The SMILES string of the molecule is CC/C=C\C/C=C\C/C=C\C/C=C\C/C=C\C/C=C\C/C=C\C/C=C\C/C=C\CCCCCCCC(=O)NC(CO)C(O)/C=C/CC/C=C/CC/C=C/CCCCCCCCCCCCCC. The van der Waals surface area contributed by atoms with E-state index in [1.54, 1.807) is 6.08 Å². The van der Waals surface area contributed by atoms with Crippen LogP contribution in [0.3, 0.4) is 0 Å². The lowest BCUT2D eigenvalue weighted by atomic mass is 10.0. The number of carbonyl (C=O) groups is 1. The van der Waals surface area contributed by atoms with E-state index in [1.165, 1.54) is 89.9 Å². The Bertz CT molecular complexity index is 1420. The molecule has 3 N–H and O–H groups in total. The van der Waals surface area contributed by atoms with Gasteiger partial charge in [-0.05, 0) is 116 Å². The van der Waals surface area contributed by atoms with Gasteiger partial charge in [-0.25, -0.2) is 0 Å². The quantitative estimate of drug-likeness (QED) is 0.0421. The molecule has 0 aliphatic heterocycles. The van der Waals surface area contributed by atoms with Gasteiger partial charge in [0, 0.05) is 6.42 Å². The average molecular weight is 923 g/mol. The van der Waals surface area contributed by atoms with Gasteiger partial charge in [-0.2, -0.15) is 0 Å². The third kappa shape index (κ3) is 53.1. The molecule has 2 atom stereocenters. The lowest BCUT2D eigenvalue weighted by Crippen LogP contribution is -2.45. The average Bonchev–Trinajstić information content (AvgIpc) is 3.33. The van der Waals surface area contributed by atoms with Gasteiger partial charge in [0.15, 0.2) is 0 Å². The van der Waals surface area contributed by atoms with Gasteiger partial charge in [0.2, 0.25) is 5.91 Å². The predicted octanol–water partition coefficient (Wildman–Crippen LogP) is 18.4. The van der Waals surface area contributed by atoms with Crippen LogP contribution in [0.1, 0.15) is 226 Å². The summed E-state index contributed by atoms with van der Waals surface area (Å²) in [6.07, 6.45) is 89.9. The summed E-state index contributed by atoms with van der Waals surface area (Å²) in [6, 6.07) is -0.668. The molecule has 4 heteroatoms. The van der Waals surface area contributed by atoms with E-state index in [9.17, 15) is 15.0 Å². The summed E-state index contributed by atoms with van der Waals surface area (Å²) in [4.78, 5) is 12.5. The smallest absolute Gasteiger partial charge is 0.220 e. The van der Waals surface area contributed by atoms with Crippen molar-refractivity contribution in [3.63, 3.8) is 0 Å². The monoisotopic (exact) mass is 922 g/mol. The Morgan fingerprint density at radius 2 is 0.672 bits per heavy atom. The topological polar surface area (TPSA) is 69.6 Å². The normalized spacial score (nSPS) is 14.0. The zero-order valence-corrected chi connectivity index (χ0v) is 43.4. The first-order chi connectivity index (χ1) is 33.2. The summed E-state index contributed by atoms with van der Waals surface area (Å²) in [7, 11) is 0. The van der Waals surface area contributed by atoms with Crippen LogP contribution in [0.5, 0.6) is 0 Å². The summed E-state index contributed by atoms with van der Waals surface area (Å²) in [5.74, 6) is -0.103. The van der Waals surface area contributed by atoms with Crippen LogP contribution in [-0.2, 0) is 4.79 Å². The fraction of sp³-hybridized carbons (Fsp3) is 0.603. The molecule has 0 saturated heterocycles. The van der Waals surface area contributed by atoms with Crippen molar-refractivity contribution in [3.05, 3.63) is 146 Å². The Hall–Kier alpha value is -3.73. The molecule has 0 aliphatic rings. The molecule has 1 amide bonds. The molecule has 378 valence electrons. The summed E-state index contributed by atoms with van der Waals surface area (Å²) in [5.41, 5.74) is 0. The third-order valence-corrected chi connectivity index (χ3v) is 11.5. The fourth-order valence-electron chi connectivity index (χ4n) is 7.38. The summed E-state index contributed by atoms with van der Waals surface area (Å²) in [5, 5.41) is 23.1. The van der Waals surface area contributed by atoms with E-state index in [0.29, 0.717) is 6.42 Å². The first-order valence-electron chi connectivity index (χ1n) is 27.5. The maximum absolute atomic E-state index is 12.5. The molecule has 0 heterocycles. The first kappa shape index (κ1) is 63.3. The minimum absolute atomic E-state index is 0.103. The van der Waals surface area contributed by atoms with Crippen LogP contribution in [0.25, 0.3) is 0 Å². The van der Waals surface area contributed by atoms with Gasteiger partial charge in [0.25, 0.3) is 0 Å². The highest BCUT2D eigenvalue weighted by Crippen LogP contribution is 2.13. The number of rotatable bonds is 48. The van der Waals surface area contributed by atoms with Crippen LogP contribution in [-0.4, -0.2) is 34.9 Å². The Labute approximate surface area is 414 Å². The van der Waals surface area contributed by atoms with Crippen molar-refractivity contribution in [3.8, 4) is 0 Å². The molecule has 0 radical (unpaired) electrons. The molecule has 2 unspecified atom stereocenters. The lowest BCUT2D eigenvalue weighted by molar-refractivity contribution is -0.123. The molecule has 0 spiro atoms. The summed E-state index contributed by atoms with van der Waals surface area (Å²) >= 11 is 0. The molecule has 0 aromatic heterocycles. The van der Waals surface area contributed by atoms with Crippen molar-refractivity contribution in [2.75, 3.05) is 6.61 Å². The number of hydrogen-bond donors (Lipinski definition) is 3. The number of allylic oxidation sites excluding steroid dienone is 23. The maximum Gasteiger partial charge on any atom is 0.220 e. The standard InChI is InChI=1S/C63H103NO3/c1-3-5-7-9-11-13-15-17-19-21-23-25-27-28-29-30-31-32-33-34-35-36-37-39-41-43-45-47-49-51-53-55-57-59-63(67)64-61(60-65)62(66)58-56-54-52-50-48-46-44-42-40-38-26-24-22-20-18-16-14-12-10-8-6-4-2/h5,7,11,13,17,19,23,25,28-29,31-32,34-35,37,39-40,42-43,45,48,50,56,58,61-62,65-66H,3-4,6,8-10,12,14-16,18,20-22,24,26-27,30,33,36,38,41,44,46-47,49,51-55,57,59-60H2,1-2H3,(H,64,67)/b7-5-,13-11-,19-17-,25-23-,29-28-,32-31-,35-34-,39-37-,42-40+,45-43-,50-48+,58-56+. The van der Waals surface area contributed by atoms with Gasteiger partial charge >= 0.3 is 0 Å². The zero-order valence-electron chi connectivity index (χ0n) is 43.4. The minimum Gasteiger partial charge on any atom is -0.394 e. The van der Waals surface area contributed by atoms with E-state index in [-0.39, 0.29) is 12.5 Å². The van der Waals surface area contributed by atoms with Gasteiger partial charge in [-0.3, -0.25) is 4.79 Å². The van der Waals surface area contributed by atoms with E-state index >= 15 is 0 Å². The van der Waals surface area contributed by atoms with E-state index in [4.69, 9.17) is 0 Å².